The lowest BCUT2D eigenvalue weighted by molar-refractivity contribution is 0.0992. The van der Waals surface area contributed by atoms with Crippen LogP contribution in [0, 0.1) is 0 Å². The molecule has 0 fully saturated rings. The van der Waals surface area contributed by atoms with Gasteiger partial charge in [-0.25, -0.2) is 4.68 Å². The van der Waals surface area contributed by atoms with Crippen molar-refractivity contribution in [2.75, 3.05) is 5.32 Å². The van der Waals surface area contributed by atoms with Gasteiger partial charge in [0.15, 0.2) is 0 Å². The van der Waals surface area contributed by atoms with E-state index < -0.39 is 5.91 Å². The minimum absolute atomic E-state index is 0.135. The van der Waals surface area contributed by atoms with E-state index in [-0.39, 0.29) is 11.6 Å². The van der Waals surface area contributed by atoms with Gasteiger partial charge in [-0.15, -0.1) is 0 Å². The second kappa shape index (κ2) is 7.08. The van der Waals surface area contributed by atoms with Gasteiger partial charge in [0.05, 0.1) is 22.0 Å². The maximum atomic E-state index is 12.6. The van der Waals surface area contributed by atoms with Gasteiger partial charge < -0.3 is 11.1 Å². The first kappa shape index (κ1) is 17.2. The molecule has 2 amide bonds. The molecule has 0 saturated carbocycles. The summed E-state index contributed by atoms with van der Waals surface area (Å²) in [6.45, 7) is 0. The smallest absolute Gasteiger partial charge is 0.269 e. The average Bonchev–Trinajstić information content (AvgIpc) is 3.07. The van der Waals surface area contributed by atoms with Crippen LogP contribution in [-0.2, 0) is 0 Å². The first-order valence-electron chi connectivity index (χ1n) is 7.17. The molecule has 2 aromatic carbocycles. The SMILES string of the molecule is NC(=O)c1ccn(-c2ccccc2NC(=O)c2cc(Br)ccc2Cl)n1. The number of primary amides is 1. The molecule has 0 spiro atoms. The van der Waals surface area contributed by atoms with Crippen LogP contribution in [0.4, 0.5) is 5.69 Å². The molecule has 25 heavy (non-hydrogen) atoms. The molecule has 126 valence electrons. The molecule has 3 N–H and O–H groups in total. The topological polar surface area (TPSA) is 90.0 Å². The highest BCUT2D eigenvalue weighted by Crippen LogP contribution is 2.24. The fourth-order valence-electron chi connectivity index (χ4n) is 2.23. The largest absolute Gasteiger partial charge is 0.364 e. The van der Waals surface area contributed by atoms with E-state index in [0.29, 0.717) is 22.0 Å². The van der Waals surface area contributed by atoms with Gasteiger partial charge in [-0.1, -0.05) is 39.7 Å². The minimum Gasteiger partial charge on any atom is -0.364 e. The predicted octanol–water partition coefficient (Wildman–Crippen LogP) is 3.64. The molecule has 3 aromatic rings. The highest BCUT2D eigenvalue weighted by atomic mass is 79.9. The maximum absolute atomic E-state index is 12.6. The molecule has 0 unspecified atom stereocenters. The Morgan fingerprint density at radius 1 is 1.16 bits per heavy atom. The Labute approximate surface area is 156 Å². The highest BCUT2D eigenvalue weighted by molar-refractivity contribution is 9.10. The monoisotopic (exact) mass is 418 g/mol. The number of carbonyl (C=O) groups is 2. The van der Waals surface area contributed by atoms with E-state index in [4.69, 9.17) is 17.3 Å². The standard InChI is InChI=1S/C17H12BrClN4O2/c18-10-5-6-12(19)11(9-10)17(25)21-13-3-1-2-4-15(13)23-8-7-14(22-23)16(20)24/h1-9H,(H2,20,24)(H,21,25). The number of carbonyl (C=O) groups excluding carboxylic acids is 2. The van der Waals surface area contributed by atoms with E-state index in [1.165, 1.54) is 10.7 Å². The van der Waals surface area contributed by atoms with Crippen LogP contribution in [0.1, 0.15) is 20.8 Å². The Kier molecular flexibility index (Phi) is 4.87. The molecular weight excluding hydrogens is 408 g/mol. The first-order chi connectivity index (χ1) is 12.0. The Morgan fingerprint density at radius 2 is 1.92 bits per heavy atom. The van der Waals surface area contributed by atoms with Crippen molar-refractivity contribution in [2.24, 2.45) is 5.73 Å². The van der Waals surface area contributed by atoms with Crippen LogP contribution in [0.15, 0.2) is 59.2 Å². The number of aromatic nitrogens is 2. The molecule has 0 bridgehead atoms. The summed E-state index contributed by atoms with van der Waals surface area (Å²) in [4.78, 5) is 23.8. The number of hydrogen-bond donors (Lipinski definition) is 2. The van der Waals surface area contributed by atoms with E-state index in [2.05, 4.69) is 26.3 Å². The summed E-state index contributed by atoms with van der Waals surface area (Å²) >= 11 is 9.42. The van der Waals surface area contributed by atoms with Crippen LogP contribution < -0.4 is 11.1 Å². The molecule has 3 rings (SSSR count). The minimum atomic E-state index is -0.624. The number of hydrogen-bond acceptors (Lipinski definition) is 3. The normalized spacial score (nSPS) is 10.5. The third-order valence-electron chi connectivity index (χ3n) is 3.41. The van der Waals surface area contributed by atoms with Crippen molar-refractivity contribution in [3.05, 3.63) is 75.5 Å². The lowest BCUT2D eigenvalue weighted by Crippen LogP contribution is -2.15. The summed E-state index contributed by atoms with van der Waals surface area (Å²) in [6.07, 6.45) is 1.59. The maximum Gasteiger partial charge on any atom is 0.269 e. The van der Waals surface area contributed by atoms with Gasteiger partial charge in [-0.05, 0) is 36.4 Å². The number of rotatable bonds is 4. The molecule has 1 aromatic heterocycles. The Bertz CT molecular complexity index is 971. The van der Waals surface area contributed by atoms with Gasteiger partial charge in [0.1, 0.15) is 5.69 Å². The molecule has 6 nitrogen and oxygen atoms in total. The Balaban J connectivity index is 1.94. The van der Waals surface area contributed by atoms with Crippen molar-refractivity contribution in [3.8, 4) is 5.69 Å². The third kappa shape index (κ3) is 3.72. The molecular formula is C17H12BrClN4O2. The van der Waals surface area contributed by atoms with Crippen LogP contribution in [-0.4, -0.2) is 21.6 Å². The van der Waals surface area contributed by atoms with E-state index in [1.807, 2.05) is 0 Å². The number of nitrogens with two attached hydrogens (primary N) is 1. The van der Waals surface area contributed by atoms with E-state index >= 15 is 0 Å². The predicted molar refractivity (Wildman–Crippen MR) is 99.2 cm³/mol. The van der Waals surface area contributed by atoms with Gasteiger partial charge in [0.25, 0.3) is 11.8 Å². The number of benzene rings is 2. The summed E-state index contributed by atoms with van der Waals surface area (Å²) in [6, 6.07) is 13.6. The number of amides is 2. The second-order valence-corrected chi connectivity index (χ2v) is 6.43. The van der Waals surface area contributed by atoms with Crippen molar-refractivity contribution in [1.82, 2.24) is 9.78 Å². The van der Waals surface area contributed by atoms with Crippen LogP contribution in [0.2, 0.25) is 5.02 Å². The van der Waals surface area contributed by atoms with E-state index in [1.54, 1.807) is 48.7 Å². The van der Waals surface area contributed by atoms with Crippen LogP contribution in [0.5, 0.6) is 0 Å². The van der Waals surface area contributed by atoms with E-state index in [0.717, 1.165) is 4.47 Å². The summed E-state index contributed by atoms with van der Waals surface area (Å²) in [5.41, 5.74) is 6.81. The number of para-hydroxylation sites is 2. The van der Waals surface area contributed by atoms with Crippen LogP contribution in [0.25, 0.3) is 5.69 Å². The zero-order valence-electron chi connectivity index (χ0n) is 12.7. The lowest BCUT2D eigenvalue weighted by atomic mass is 10.2. The van der Waals surface area contributed by atoms with Crippen molar-refractivity contribution in [3.63, 3.8) is 0 Å². The highest BCUT2D eigenvalue weighted by Gasteiger charge is 2.14. The summed E-state index contributed by atoms with van der Waals surface area (Å²) in [5.74, 6) is -0.984. The summed E-state index contributed by atoms with van der Waals surface area (Å²) < 4.78 is 2.21. The molecule has 8 heteroatoms. The summed E-state index contributed by atoms with van der Waals surface area (Å²) in [7, 11) is 0. The molecule has 0 saturated heterocycles. The van der Waals surface area contributed by atoms with Gasteiger partial charge in [-0.3, -0.25) is 9.59 Å². The van der Waals surface area contributed by atoms with Gasteiger partial charge in [-0.2, -0.15) is 5.10 Å². The quantitative estimate of drug-likeness (QED) is 0.676. The van der Waals surface area contributed by atoms with E-state index in [9.17, 15) is 9.59 Å². The fraction of sp³-hybridized carbons (Fsp3) is 0. The van der Waals surface area contributed by atoms with Crippen LogP contribution in [0.3, 0.4) is 0 Å². The zero-order chi connectivity index (χ0) is 18.0. The van der Waals surface area contributed by atoms with Crippen molar-refractivity contribution in [1.29, 1.82) is 0 Å². The number of halogens is 2. The van der Waals surface area contributed by atoms with Crippen molar-refractivity contribution in [2.45, 2.75) is 0 Å². The number of nitrogens with one attached hydrogen (secondary N) is 1. The lowest BCUT2D eigenvalue weighted by Gasteiger charge is -2.12. The van der Waals surface area contributed by atoms with Crippen molar-refractivity contribution >= 4 is 45.0 Å². The second-order valence-electron chi connectivity index (χ2n) is 5.11. The molecule has 0 aliphatic heterocycles. The average molecular weight is 420 g/mol. The molecule has 0 atom stereocenters. The zero-order valence-corrected chi connectivity index (χ0v) is 15.1. The number of nitrogens with zero attached hydrogens (tertiary/aromatic N) is 2. The Morgan fingerprint density at radius 3 is 2.64 bits per heavy atom. The fourth-order valence-corrected chi connectivity index (χ4v) is 2.79. The van der Waals surface area contributed by atoms with Crippen molar-refractivity contribution < 1.29 is 9.59 Å². The summed E-state index contributed by atoms with van der Waals surface area (Å²) in [5, 5.41) is 7.26. The number of anilines is 1. The molecule has 0 aliphatic rings. The Hall–Kier alpha value is -2.64. The van der Waals surface area contributed by atoms with Gasteiger partial charge in [0, 0.05) is 10.7 Å². The molecule has 1 heterocycles. The van der Waals surface area contributed by atoms with Crippen LogP contribution >= 0.6 is 27.5 Å². The van der Waals surface area contributed by atoms with Gasteiger partial charge in [0.2, 0.25) is 0 Å². The molecule has 0 aliphatic carbocycles. The molecule has 0 radical (unpaired) electrons. The third-order valence-corrected chi connectivity index (χ3v) is 4.24. The van der Waals surface area contributed by atoms with Gasteiger partial charge >= 0.3 is 0 Å². The first-order valence-corrected chi connectivity index (χ1v) is 8.34.